The highest BCUT2D eigenvalue weighted by Crippen LogP contribution is 2.38. The molecular weight excluding hydrogens is 447 g/mol. The van der Waals surface area contributed by atoms with E-state index in [0.717, 1.165) is 23.1 Å². The van der Waals surface area contributed by atoms with E-state index in [4.69, 9.17) is 9.15 Å². The number of nitrogens with zero attached hydrogens (tertiary/aromatic N) is 1. The van der Waals surface area contributed by atoms with Crippen LogP contribution in [0.25, 0.3) is 0 Å². The average Bonchev–Trinajstić information content (AvgIpc) is 3.34. The quantitative estimate of drug-likeness (QED) is 0.479. The van der Waals surface area contributed by atoms with Crippen LogP contribution in [0.4, 0.5) is 4.39 Å². The zero-order chi connectivity index (χ0) is 24.9. The maximum absolute atomic E-state index is 14.1. The van der Waals surface area contributed by atoms with Crippen LogP contribution in [-0.4, -0.2) is 29.8 Å². The molecule has 184 valence electrons. The summed E-state index contributed by atoms with van der Waals surface area (Å²) < 4.78 is 25.7. The number of benzene rings is 2. The van der Waals surface area contributed by atoms with Gasteiger partial charge in [-0.2, -0.15) is 0 Å². The lowest BCUT2D eigenvalue weighted by Crippen LogP contribution is -2.42. The first-order valence-corrected chi connectivity index (χ1v) is 12.1. The minimum atomic E-state index is -0.398. The third-order valence-electron chi connectivity index (χ3n) is 6.09. The smallest absolute Gasteiger partial charge is 0.286 e. The zero-order valence-corrected chi connectivity index (χ0v) is 20.3. The first-order valence-electron chi connectivity index (χ1n) is 12.1. The van der Waals surface area contributed by atoms with Gasteiger partial charge in [-0.1, -0.05) is 39.0 Å². The van der Waals surface area contributed by atoms with E-state index in [1.165, 1.54) is 12.1 Å². The van der Waals surface area contributed by atoms with Crippen LogP contribution in [0.5, 0.6) is 5.75 Å². The lowest BCUT2D eigenvalue weighted by molar-refractivity contribution is -0.136. The molecule has 7 heteroatoms. The van der Waals surface area contributed by atoms with E-state index in [9.17, 15) is 14.0 Å². The van der Waals surface area contributed by atoms with Gasteiger partial charge in [-0.15, -0.1) is 0 Å². The zero-order valence-electron chi connectivity index (χ0n) is 20.3. The van der Waals surface area contributed by atoms with Gasteiger partial charge in [0.05, 0.1) is 6.04 Å². The van der Waals surface area contributed by atoms with Crippen LogP contribution in [0, 0.1) is 11.7 Å². The average molecular weight is 479 g/mol. The summed E-state index contributed by atoms with van der Waals surface area (Å²) >= 11 is 0. The van der Waals surface area contributed by atoms with Crippen LogP contribution in [0.2, 0.25) is 0 Å². The second-order valence-corrected chi connectivity index (χ2v) is 9.07. The van der Waals surface area contributed by atoms with Crippen LogP contribution in [0.15, 0.2) is 59.0 Å². The van der Waals surface area contributed by atoms with E-state index in [0.29, 0.717) is 31.0 Å². The minimum absolute atomic E-state index is 0.0284. The molecule has 0 bridgehead atoms. The van der Waals surface area contributed by atoms with Crippen molar-refractivity contribution in [3.63, 3.8) is 0 Å². The van der Waals surface area contributed by atoms with Crippen molar-refractivity contribution in [1.82, 2.24) is 10.2 Å². The molecule has 2 aromatic carbocycles. The van der Waals surface area contributed by atoms with Gasteiger partial charge < -0.3 is 19.4 Å². The fourth-order valence-corrected chi connectivity index (χ4v) is 4.35. The minimum Gasteiger partial charge on any atom is -0.486 e. The Kier molecular flexibility index (Phi) is 7.54. The van der Waals surface area contributed by atoms with E-state index in [1.54, 1.807) is 18.2 Å². The number of carbonyl (C=O) groups is 2. The number of ether oxygens (including phenoxy) is 1. The van der Waals surface area contributed by atoms with Crippen LogP contribution < -0.4 is 10.1 Å². The normalized spacial score (nSPS) is 15.1. The second-order valence-electron chi connectivity index (χ2n) is 9.07. The molecule has 1 aliphatic rings. The lowest BCUT2D eigenvalue weighted by Gasteiger charge is -2.39. The van der Waals surface area contributed by atoms with Gasteiger partial charge in [0.15, 0.2) is 5.76 Å². The van der Waals surface area contributed by atoms with E-state index < -0.39 is 6.04 Å². The molecule has 0 saturated heterocycles. The lowest BCUT2D eigenvalue weighted by atomic mass is 9.87. The molecular formula is C28H31FN2O4. The number of hydrogen-bond acceptors (Lipinski definition) is 4. The van der Waals surface area contributed by atoms with Crippen molar-refractivity contribution in [2.45, 2.75) is 46.3 Å². The summed E-state index contributed by atoms with van der Waals surface area (Å²) in [7, 11) is 0. The van der Waals surface area contributed by atoms with Gasteiger partial charge in [0.2, 0.25) is 5.91 Å². The Bertz CT molecular complexity index is 1200. The summed E-state index contributed by atoms with van der Waals surface area (Å²) in [4.78, 5) is 27.0. The number of carbonyl (C=O) groups excluding carboxylic acids is 2. The van der Waals surface area contributed by atoms with Gasteiger partial charge in [0, 0.05) is 19.0 Å². The van der Waals surface area contributed by atoms with E-state index >= 15 is 0 Å². The highest BCUT2D eigenvalue weighted by atomic mass is 19.1. The molecule has 6 nitrogen and oxygen atoms in total. The molecule has 0 saturated carbocycles. The summed E-state index contributed by atoms with van der Waals surface area (Å²) in [5.41, 5.74) is 2.76. The highest BCUT2D eigenvalue weighted by molar-refractivity contribution is 5.91. The summed E-state index contributed by atoms with van der Waals surface area (Å²) in [6.07, 6.45) is 1.56. The highest BCUT2D eigenvalue weighted by Gasteiger charge is 2.33. The number of halogens is 1. The van der Waals surface area contributed by atoms with Gasteiger partial charge in [-0.25, -0.2) is 4.39 Å². The Labute approximate surface area is 205 Å². The number of fused-ring (bicyclic) bond motifs is 1. The molecule has 0 aliphatic carbocycles. The Morgan fingerprint density at radius 1 is 1.17 bits per heavy atom. The molecule has 0 radical (unpaired) electrons. The molecule has 0 spiro atoms. The molecule has 1 N–H and O–H groups in total. The fraction of sp³-hybridized carbons (Fsp3) is 0.357. The second kappa shape index (κ2) is 10.8. The third-order valence-corrected chi connectivity index (χ3v) is 6.09. The van der Waals surface area contributed by atoms with Crippen molar-refractivity contribution in [3.05, 3.63) is 88.6 Å². The predicted molar refractivity (Wildman–Crippen MR) is 131 cm³/mol. The van der Waals surface area contributed by atoms with Gasteiger partial charge in [-0.05, 0) is 65.9 Å². The van der Waals surface area contributed by atoms with Crippen molar-refractivity contribution >= 4 is 11.8 Å². The number of rotatable bonds is 8. The van der Waals surface area contributed by atoms with Crippen molar-refractivity contribution in [2.24, 2.45) is 5.92 Å². The monoisotopic (exact) mass is 478 g/mol. The largest absolute Gasteiger partial charge is 0.486 e. The third kappa shape index (κ3) is 5.56. The molecule has 1 unspecified atom stereocenters. The van der Waals surface area contributed by atoms with Gasteiger partial charge in [-0.3, -0.25) is 9.59 Å². The standard InChI is InChI=1S/C28H31FN2O4/c1-4-13-30-27(32)25-11-10-23(35-25)17-34-22-9-8-19-12-14-31(28(33)18(2)3)26(24(19)16-22)20-6-5-7-21(29)15-20/h5-11,15-16,18,26H,4,12-14,17H2,1-3H3,(H,30,32). The predicted octanol–water partition coefficient (Wildman–Crippen LogP) is 5.27. The molecule has 1 aliphatic heterocycles. The topological polar surface area (TPSA) is 71.8 Å². The van der Waals surface area contributed by atoms with Crippen molar-refractivity contribution in [3.8, 4) is 5.75 Å². The number of furan rings is 1. The Balaban J connectivity index is 1.58. The van der Waals surface area contributed by atoms with Crippen LogP contribution >= 0.6 is 0 Å². The summed E-state index contributed by atoms with van der Waals surface area (Å²) in [5.74, 6) is 0.655. The van der Waals surface area contributed by atoms with E-state index in [-0.39, 0.29) is 35.9 Å². The molecule has 4 rings (SSSR count). The molecule has 1 aromatic heterocycles. The Hall–Kier alpha value is -3.61. The molecule has 2 amide bonds. The molecule has 35 heavy (non-hydrogen) atoms. The van der Waals surface area contributed by atoms with Crippen LogP contribution in [-0.2, 0) is 17.8 Å². The maximum atomic E-state index is 14.1. The van der Waals surface area contributed by atoms with Gasteiger partial charge >= 0.3 is 0 Å². The molecule has 1 atom stereocenters. The fourth-order valence-electron chi connectivity index (χ4n) is 4.35. The number of hydrogen-bond donors (Lipinski definition) is 1. The van der Waals surface area contributed by atoms with E-state index in [1.807, 2.05) is 49.9 Å². The number of amides is 2. The van der Waals surface area contributed by atoms with Gasteiger partial charge in [0.1, 0.15) is 23.9 Å². The SMILES string of the molecule is CCCNC(=O)c1ccc(COc2ccc3c(c2)C(c2cccc(F)c2)N(C(=O)C(C)C)CC3)o1. The van der Waals surface area contributed by atoms with Crippen LogP contribution in [0.1, 0.15) is 66.2 Å². The first-order chi connectivity index (χ1) is 16.9. The summed E-state index contributed by atoms with van der Waals surface area (Å²) in [5, 5.41) is 2.78. The summed E-state index contributed by atoms with van der Waals surface area (Å²) in [6.45, 7) is 7.04. The first kappa shape index (κ1) is 24.5. The molecule has 3 aromatic rings. The van der Waals surface area contributed by atoms with Crippen LogP contribution in [0.3, 0.4) is 0 Å². The van der Waals surface area contributed by atoms with Gasteiger partial charge in [0.25, 0.3) is 5.91 Å². The molecule has 2 heterocycles. The Morgan fingerprint density at radius 2 is 2.00 bits per heavy atom. The number of nitrogens with one attached hydrogen (secondary N) is 1. The summed E-state index contributed by atoms with van der Waals surface area (Å²) in [6, 6.07) is 15.2. The molecule has 0 fully saturated rings. The van der Waals surface area contributed by atoms with Crippen molar-refractivity contribution in [1.29, 1.82) is 0 Å². The van der Waals surface area contributed by atoms with Crippen molar-refractivity contribution < 1.29 is 23.1 Å². The van der Waals surface area contributed by atoms with Crippen molar-refractivity contribution in [2.75, 3.05) is 13.1 Å². The van der Waals surface area contributed by atoms with E-state index in [2.05, 4.69) is 5.32 Å². The maximum Gasteiger partial charge on any atom is 0.286 e. The Morgan fingerprint density at radius 3 is 2.74 bits per heavy atom.